The van der Waals surface area contributed by atoms with Gasteiger partial charge in [-0.25, -0.2) is 4.39 Å². The van der Waals surface area contributed by atoms with Gasteiger partial charge in [-0.2, -0.15) is 0 Å². The molecule has 0 bridgehead atoms. The van der Waals surface area contributed by atoms with Crippen LogP contribution in [0.25, 0.3) is 0 Å². The predicted octanol–water partition coefficient (Wildman–Crippen LogP) is 3.08. The topological polar surface area (TPSA) is 58.2 Å². The molecule has 0 spiro atoms. The molecule has 21 heavy (non-hydrogen) atoms. The molecule has 2 N–H and O–H groups in total. The minimum Gasteiger partial charge on any atom is -0.376 e. The van der Waals surface area contributed by atoms with Gasteiger partial charge < -0.3 is 10.6 Å². The van der Waals surface area contributed by atoms with Gasteiger partial charge in [0.25, 0.3) is 0 Å². The van der Waals surface area contributed by atoms with Crippen LogP contribution in [0.1, 0.15) is 17.3 Å². The number of anilines is 2. The number of nitrogens with one attached hydrogen (secondary N) is 2. The van der Waals surface area contributed by atoms with Crippen molar-refractivity contribution in [1.29, 1.82) is 0 Å². The van der Waals surface area contributed by atoms with Crippen LogP contribution in [-0.4, -0.2) is 18.2 Å². The van der Waals surface area contributed by atoms with E-state index in [2.05, 4.69) is 10.6 Å². The molecule has 4 nitrogen and oxygen atoms in total. The van der Waals surface area contributed by atoms with Crippen LogP contribution < -0.4 is 10.6 Å². The highest BCUT2D eigenvalue weighted by Crippen LogP contribution is 2.15. The molecule has 5 heteroatoms. The van der Waals surface area contributed by atoms with Gasteiger partial charge in [0, 0.05) is 16.9 Å². The highest BCUT2D eigenvalue weighted by Gasteiger charge is 2.08. The van der Waals surface area contributed by atoms with Crippen molar-refractivity contribution in [2.24, 2.45) is 0 Å². The van der Waals surface area contributed by atoms with E-state index < -0.39 is 5.82 Å². The van der Waals surface area contributed by atoms with Gasteiger partial charge >= 0.3 is 0 Å². The summed E-state index contributed by atoms with van der Waals surface area (Å²) in [5.41, 5.74) is 1.51. The number of rotatable bonds is 5. The molecule has 0 radical (unpaired) electrons. The Morgan fingerprint density at radius 1 is 1.10 bits per heavy atom. The summed E-state index contributed by atoms with van der Waals surface area (Å²) < 4.78 is 13.0. The Bertz CT molecular complexity index is 671. The number of benzene rings is 2. The second-order valence-electron chi connectivity index (χ2n) is 4.51. The molecule has 2 aromatic carbocycles. The predicted molar refractivity (Wildman–Crippen MR) is 80.0 cm³/mol. The van der Waals surface area contributed by atoms with E-state index in [9.17, 15) is 14.0 Å². The Balaban J connectivity index is 1.97. The van der Waals surface area contributed by atoms with Gasteiger partial charge in [0.1, 0.15) is 5.82 Å². The lowest BCUT2D eigenvalue weighted by atomic mass is 10.1. The van der Waals surface area contributed by atoms with E-state index in [-0.39, 0.29) is 18.2 Å². The smallest absolute Gasteiger partial charge is 0.243 e. The second kappa shape index (κ2) is 6.65. The first-order chi connectivity index (χ1) is 10.1. The van der Waals surface area contributed by atoms with Gasteiger partial charge in [0.05, 0.1) is 6.54 Å². The number of carbonyl (C=O) groups excluding carboxylic acids is 2. The Morgan fingerprint density at radius 2 is 1.86 bits per heavy atom. The fraction of sp³-hybridized carbons (Fsp3) is 0.125. The van der Waals surface area contributed by atoms with Crippen LogP contribution in [0.15, 0.2) is 48.5 Å². The van der Waals surface area contributed by atoms with Gasteiger partial charge in [-0.3, -0.25) is 9.59 Å². The summed E-state index contributed by atoms with van der Waals surface area (Å²) in [4.78, 5) is 23.3. The minimum absolute atomic E-state index is 0.0131. The largest absolute Gasteiger partial charge is 0.376 e. The summed E-state index contributed by atoms with van der Waals surface area (Å²) in [6, 6.07) is 12.6. The average molecular weight is 286 g/mol. The maximum atomic E-state index is 13.0. The number of carbonyl (C=O) groups is 2. The van der Waals surface area contributed by atoms with Crippen molar-refractivity contribution in [2.75, 3.05) is 17.2 Å². The molecule has 108 valence electrons. The lowest BCUT2D eigenvalue weighted by Gasteiger charge is -2.10. The number of Topliss-reactive ketones (excluding diaryl/α,β-unsaturated/α-hetero) is 1. The summed E-state index contributed by atoms with van der Waals surface area (Å²) in [5.74, 6) is -0.815. The number of halogens is 1. The second-order valence-corrected chi connectivity index (χ2v) is 4.51. The molecule has 0 saturated heterocycles. The maximum Gasteiger partial charge on any atom is 0.243 e. The van der Waals surface area contributed by atoms with Gasteiger partial charge in [-0.1, -0.05) is 18.2 Å². The average Bonchev–Trinajstić information content (AvgIpc) is 2.45. The SMILES string of the molecule is CC(=O)c1ccccc1NCC(=O)Nc1cccc(F)c1. The van der Waals surface area contributed by atoms with E-state index >= 15 is 0 Å². The zero-order valence-corrected chi connectivity index (χ0v) is 11.5. The minimum atomic E-state index is -0.414. The molecule has 2 rings (SSSR count). The standard InChI is InChI=1S/C16H15FN2O2/c1-11(20)14-7-2-3-8-15(14)18-10-16(21)19-13-6-4-5-12(17)9-13/h2-9,18H,10H2,1H3,(H,19,21). The van der Waals surface area contributed by atoms with Crippen molar-refractivity contribution in [3.8, 4) is 0 Å². The molecule has 0 heterocycles. The van der Waals surface area contributed by atoms with E-state index in [4.69, 9.17) is 0 Å². The Hall–Kier alpha value is -2.69. The fourth-order valence-electron chi connectivity index (χ4n) is 1.89. The molecule has 0 unspecified atom stereocenters. The van der Waals surface area contributed by atoms with Crippen molar-refractivity contribution in [1.82, 2.24) is 0 Å². The van der Waals surface area contributed by atoms with E-state index in [1.165, 1.54) is 25.1 Å². The number of ketones is 1. The number of amides is 1. The summed E-state index contributed by atoms with van der Waals surface area (Å²) in [6.45, 7) is 1.45. The zero-order valence-electron chi connectivity index (χ0n) is 11.5. The molecule has 1 amide bonds. The Labute approximate surface area is 122 Å². The van der Waals surface area contributed by atoms with Crippen LogP contribution in [0.2, 0.25) is 0 Å². The van der Waals surface area contributed by atoms with Crippen molar-refractivity contribution >= 4 is 23.1 Å². The lowest BCUT2D eigenvalue weighted by molar-refractivity contribution is -0.114. The molecule has 0 atom stereocenters. The van der Waals surface area contributed by atoms with Crippen LogP contribution in [0, 0.1) is 5.82 Å². The van der Waals surface area contributed by atoms with E-state index in [0.717, 1.165) is 0 Å². The third-order valence-corrected chi connectivity index (χ3v) is 2.85. The molecule has 0 saturated carbocycles. The number of para-hydroxylation sites is 1. The first-order valence-corrected chi connectivity index (χ1v) is 6.45. The van der Waals surface area contributed by atoms with Crippen molar-refractivity contribution in [3.05, 3.63) is 59.9 Å². The van der Waals surface area contributed by atoms with Gasteiger partial charge in [0.15, 0.2) is 5.78 Å². The Kier molecular flexibility index (Phi) is 4.66. The van der Waals surface area contributed by atoms with Crippen LogP contribution in [0.4, 0.5) is 15.8 Å². The molecule has 0 aliphatic carbocycles. The molecule has 0 aromatic heterocycles. The number of hydrogen-bond donors (Lipinski definition) is 2. The lowest BCUT2D eigenvalue weighted by Crippen LogP contribution is -2.22. The third kappa shape index (κ3) is 4.14. The molecule has 0 aliphatic heterocycles. The monoisotopic (exact) mass is 286 g/mol. The number of hydrogen-bond acceptors (Lipinski definition) is 3. The van der Waals surface area contributed by atoms with Crippen LogP contribution >= 0.6 is 0 Å². The van der Waals surface area contributed by atoms with Gasteiger partial charge in [0.2, 0.25) is 5.91 Å². The third-order valence-electron chi connectivity index (χ3n) is 2.85. The fourth-order valence-corrected chi connectivity index (χ4v) is 1.89. The quantitative estimate of drug-likeness (QED) is 0.830. The zero-order chi connectivity index (χ0) is 15.2. The van der Waals surface area contributed by atoms with Crippen molar-refractivity contribution in [3.63, 3.8) is 0 Å². The highest BCUT2D eigenvalue weighted by molar-refractivity contribution is 6.00. The molecule has 0 fully saturated rings. The van der Waals surface area contributed by atoms with Gasteiger partial charge in [-0.15, -0.1) is 0 Å². The van der Waals surface area contributed by atoms with E-state index in [1.54, 1.807) is 30.3 Å². The Morgan fingerprint density at radius 3 is 2.57 bits per heavy atom. The molecule has 0 aliphatic rings. The molecule has 2 aromatic rings. The van der Waals surface area contributed by atoms with Gasteiger partial charge in [-0.05, 0) is 37.3 Å². The summed E-state index contributed by atoms with van der Waals surface area (Å²) in [7, 11) is 0. The molecular formula is C16H15FN2O2. The maximum absolute atomic E-state index is 13.0. The van der Waals surface area contributed by atoms with E-state index in [1.807, 2.05) is 0 Å². The molecular weight excluding hydrogens is 271 g/mol. The van der Waals surface area contributed by atoms with Crippen LogP contribution in [-0.2, 0) is 4.79 Å². The van der Waals surface area contributed by atoms with Crippen molar-refractivity contribution in [2.45, 2.75) is 6.92 Å². The van der Waals surface area contributed by atoms with Crippen LogP contribution in [0.5, 0.6) is 0 Å². The summed E-state index contributed by atoms with van der Waals surface area (Å²) in [6.07, 6.45) is 0. The van der Waals surface area contributed by atoms with E-state index in [0.29, 0.717) is 16.9 Å². The first-order valence-electron chi connectivity index (χ1n) is 6.45. The van der Waals surface area contributed by atoms with Crippen LogP contribution in [0.3, 0.4) is 0 Å². The van der Waals surface area contributed by atoms with Crippen molar-refractivity contribution < 1.29 is 14.0 Å². The summed E-state index contributed by atoms with van der Waals surface area (Å²) in [5, 5.41) is 5.48. The highest BCUT2D eigenvalue weighted by atomic mass is 19.1. The summed E-state index contributed by atoms with van der Waals surface area (Å²) >= 11 is 0. The first kappa shape index (κ1) is 14.7. The normalized spacial score (nSPS) is 10.0.